The molecule has 1 aromatic heterocycles. The molecule has 0 aliphatic heterocycles. The summed E-state index contributed by atoms with van der Waals surface area (Å²) in [6, 6.07) is 6.67. The lowest BCUT2D eigenvalue weighted by Gasteiger charge is -2.04. The zero-order valence-corrected chi connectivity index (χ0v) is 9.87. The minimum Gasteiger partial charge on any atom is -0.270 e. The molecule has 0 saturated carbocycles. The van der Waals surface area contributed by atoms with Gasteiger partial charge in [-0.15, -0.1) is 0 Å². The molecule has 1 aromatic carbocycles. The number of hydrogen-bond donors (Lipinski definition) is 0. The van der Waals surface area contributed by atoms with Gasteiger partial charge in [0.2, 0.25) is 0 Å². The molecule has 4 heteroatoms. The topological polar surface area (TPSA) is 17.8 Å². The Morgan fingerprint density at radius 3 is 2.62 bits per heavy atom. The van der Waals surface area contributed by atoms with E-state index < -0.39 is 0 Å². The summed E-state index contributed by atoms with van der Waals surface area (Å²) in [4.78, 5) is 0. The fraction of sp³-hybridized carbons (Fsp3) is 0.250. The van der Waals surface area contributed by atoms with Crippen LogP contribution >= 0.6 is 11.6 Å². The van der Waals surface area contributed by atoms with E-state index in [1.807, 2.05) is 20.0 Å². The quantitative estimate of drug-likeness (QED) is 0.775. The Kier molecular flexibility index (Phi) is 2.97. The minimum atomic E-state index is -0.346. The van der Waals surface area contributed by atoms with Crippen molar-refractivity contribution in [3.63, 3.8) is 0 Å². The molecule has 2 nitrogen and oxygen atoms in total. The smallest absolute Gasteiger partial charge is 0.134 e. The second-order valence-corrected chi connectivity index (χ2v) is 4.34. The predicted molar refractivity (Wildman–Crippen MR) is 63.0 cm³/mol. The third-order valence-electron chi connectivity index (χ3n) is 2.34. The molecular weight excluding hydrogens is 227 g/mol. The Morgan fingerprint density at radius 1 is 1.31 bits per heavy atom. The summed E-state index contributed by atoms with van der Waals surface area (Å²) in [6.45, 7) is 4.05. The Labute approximate surface area is 98.7 Å². The maximum Gasteiger partial charge on any atom is 0.134 e. The van der Waals surface area contributed by atoms with E-state index in [1.165, 1.54) is 6.07 Å². The molecule has 0 N–H and O–H groups in total. The number of aromatic nitrogens is 2. The fourth-order valence-corrected chi connectivity index (χ4v) is 1.63. The highest BCUT2D eigenvalue weighted by Gasteiger charge is 2.09. The monoisotopic (exact) mass is 238 g/mol. The van der Waals surface area contributed by atoms with Crippen molar-refractivity contribution in [1.82, 2.24) is 9.78 Å². The van der Waals surface area contributed by atoms with Crippen LogP contribution < -0.4 is 0 Å². The van der Waals surface area contributed by atoms with E-state index in [0.717, 1.165) is 0 Å². The summed E-state index contributed by atoms with van der Waals surface area (Å²) >= 11 is 5.69. The summed E-state index contributed by atoms with van der Waals surface area (Å²) in [5.41, 5.74) is 1.10. The highest BCUT2D eigenvalue weighted by Crippen LogP contribution is 2.24. The van der Waals surface area contributed by atoms with Crippen LogP contribution in [0.25, 0.3) is 11.3 Å². The lowest BCUT2D eigenvalue weighted by atomic mass is 10.1. The minimum absolute atomic E-state index is 0.268. The van der Waals surface area contributed by atoms with E-state index in [1.54, 1.807) is 22.9 Å². The van der Waals surface area contributed by atoms with Crippen molar-refractivity contribution in [1.29, 1.82) is 0 Å². The molecule has 0 saturated heterocycles. The van der Waals surface area contributed by atoms with Crippen LogP contribution in [0.1, 0.15) is 19.9 Å². The second-order valence-electron chi connectivity index (χ2n) is 3.90. The van der Waals surface area contributed by atoms with E-state index in [2.05, 4.69) is 5.10 Å². The highest BCUT2D eigenvalue weighted by molar-refractivity contribution is 6.30. The number of halogens is 2. The molecule has 0 bridgehead atoms. The van der Waals surface area contributed by atoms with Crippen LogP contribution in [0.5, 0.6) is 0 Å². The van der Waals surface area contributed by atoms with Crippen molar-refractivity contribution in [2.45, 2.75) is 19.9 Å². The third kappa shape index (κ3) is 2.09. The van der Waals surface area contributed by atoms with Crippen LogP contribution in [-0.4, -0.2) is 9.78 Å². The lowest BCUT2D eigenvalue weighted by molar-refractivity contribution is 0.533. The zero-order chi connectivity index (χ0) is 11.7. The van der Waals surface area contributed by atoms with Gasteiger partial charge in [-0.05, 0) is 38.1 Å². The van der Waals surface area contributed by atoms with Crippen LogP contribution in [0.2, 0.25) is 5.02 Å². The molecule has 1 heterocycles. The Morgan fingerprint density at radius 2 is 2.06 bits per heavy atom. The van der Waals surface area contributed by atoms with Gasteiger partial charge in [0.05, 0.1) is 5.69 Å². The second kappa shape index (κ2) is 4.26. The van der Waals surface area contributed by atoms with Crippen LogP contribution in [0.3, 0.4) is 0 Å². The molecule has 0 aliphatic carbocycles. The number of hydrogen-bond acceptors (Lipinski definition) is 1. The van der Waals surface area contributed by atoms with E-state index in [9.17, 15) is 4.39 Å². The van der Waals surface area contributed by atoms with Gasteiger partial charge in [-0.2, -0.15) is 5.10 Å². The maximum absolute atomic E-state index is 13.6. The molecule has 0 fully saturated rings. The predicted octanol–water partition coefficient (Wildman–Crippen LogP) is 3.92. The van der Waals surface area contributed by atoms with E-state index in [4.69, 9.17) is 11.6 Å². The summed E-state index contributed by atoms with van der Waals surface area (Å²) in [7, 11) is 0. The summed E-state index contributed by atoms with van der Waals surface area (Å²) in [5, 5.41) is 4.70. The largest absolute Gasteiger partial charge is 0.270 e. The van der Waals surface area contributed by atoms with E-state index in [-0.39, 0.29) is 11.9 Å². The van der Waals surface area contributed by atoms with Gasteiger partial charge in [-0.1, -0.05) is 11.6 Å². The van der Waals surface area contributed by atoms with Crippen molar-refractivity contribution in [3.05, 3.63) is 41.3 Å². The normalized spacial score (nSPS) is 11.1. The van der Waals surface area contributed by atoms with Gasteiger partial charge >= 0.3 is 0 Å². The van der Waals surface area contributed by atoms with Gasteiger partial charge in [0, 0.05) is 22.8 Å². The highest BCUT2D eigenvalue weighted by atomic mass is 35.5. The SMILES string of the molecule is CC(C)n1ccc(-c2ccc(Cl)cc2F)n1. The maximum atomic E-state index is 13.6. The summed E-state index contributed by atoms with van der Waals surface area (Å²) in [6.07, 6.45) is 1.84. The molecular formula is C12H12ClFN2. The first-order chi connectivity index (χ1) is 7.58. The standard InChI is InChI=1S/C12H12ClFN2/c1-8(2)16-6-5-12(15-16)10-4-3-9(13)7-11(10)14/h3-8H,1-2H3. The lowest BCUT2D eigenvalue weighted by Crippen LogP contribution is -2.01. The summed E-state index contributed by atoms with van der Waals surface area (Å²) in [5.74, 6) is -0.346. The molecule has 84 valence electrons. The van der Waals surface area contributed by atoms with Crippen LogP contribution in [0.4, 0.5) is 4.39 Å². The van der Waals surface area contributed by atoms with Crippen molar-refractivity contribution >= 4 is 11.6 Å². The van der Waals surface area contributed by atoms with Crippen molar-refractivity contribution in [3.8, 4) is 11.3 Å². The van der Waals surface area contributed by atoms with Gasteiger partial charge in [0.25, 0.3) is 0 Å². The Hall–Kier alpha value is -1.35. The van der Waals surface area contributed by atoms with Gasteiger partial charge < -0.3 is 0 Å². The van der Waals surface area contributed by atoms with Crippen molar-refractivity contribution in [2.75, 3.05) is 0 Å². The zero-order valence-electron chi connectivity index (χ0n) is 9.11. The average Bonchev–Trinajstić information content (AvgIpc) is 2.66. The molecule has 2 aromatic rings. The molecule has 0 unspecified atom stereocenters. The first-order valence-corrected chi connectivity index (χ1v) is 5.46. The van der Waals surface area contributed by atoms with Crippen molar-refractivity contribution in [2.24, 2.45) is 0 Å². The van der Waals surface area contributed by atoms with Gasteiger partial charge in [-0.3, -0.25) is 4.68 Å². The van der Waals surface area contributed by atoms with E-state index >= 15 is 0 Å². The molecule has 0 spiro atoms. The molecule has 2 rings (SSSR count). The van der Waals surface area contributed by atoms with Crippen LogP contribution in [0, 0.1) is 5.82 Å². The van der Waals surface area contributed by atoms with Gasteiger partial charge in [0.1, 0.15) is 5.82 Å². The molecule has 16 heavy (non-hydrogen) atoms. The van der Waals surface area contributed by atoms with Crippen molar-refractivity contribution < 1.29 is 4.39 Å². The van der Waals surface area contributed by atoms with Crippen LogP contribution in [0.15, 0.2) is 30.5 Å². The Balaban J connectivity index is 2.42. The first-order valence-electron chi connectivity index (χ1n) is 5.08. The molecule has 0 amide bonds. The average molecular weight is 239 g/mol. The third-order valence-corrected chi connectivity index (χ3v) is 2.58. The summed E-state index contributed by atoms with van der Waals surface area (Å²) < 4.78 is 15.4. The Bertz CT molecular complexity index is 505. The van der Waals surface area contributed by atoms with Crippen LogP contribution in [-0.2, 0) is 0 Å². The van der Waals surface area contributed by atoms with E-state index in [0.29, 0.717) is 16.3 Å². The number of nitrogens with zero attached hydrogens (tertiary/aromatic N) is 2. The first kappa shape index (κ1) is 11.1. The molecule has 0 aliphatic rings. The number of benzene rings is 1. The number of rotatable bonds is 2. The van der Waals surface area contributed by atoms with Gasteiger partial charge in [-0.25, -0.2) is 4.39 Å². The molecule has 0 atom stereocenters. The molecule has 0 radical (unpaired) electrons. The fourth-order valence-electron chi connectivity index (χ4n) is 1.47. The van der Waals surface area contributed by atoms with Gasteiger partial charge in [0.15, 0.2) is 0 Å².